The number of amides is 10. The molecule has 1 saturated heterocycles. The molecule has 9 atom stereocenters. The summed E-state index contributed by atoms with van der Waals surface area (Å²) in [5.41, 5.74) is 17.9. The number of likely N-dealkylation sites (N-methyl/N-ethyl adjacent to an activating group) is 2. The first-order valence-electron chi connectivity index (χ1n) is 25.3. The van der Waals surface area contributed by atoms with Gasteiger partial charge < -0.3 is 74.6 Å². The molecule has 1 aliphatic heterocycles. The van der Waals surface area contributed by atoms with Crippen LogP contribution in [0.15, 0.2) is 29.3 Å². The van der Waals surface area contributed by atoms with Crippen LogP contribution in [-0.4, -0.2) is 168 Å². The van der Waals surface area contributed by atoms with Gasteiger partial charge in [-0.3, -0.25) is 52.9 Å². The van der Waals surface area contributed by atoms with Crippen LogP contribution >= 0.6 is 0 Å². The predicted octanol–water partition coefficient (Wildman–Crippen LogP) is -2.62. The molecule has 0 radical (unpaired) electrons. The molecule has 0 spiro atoms. The third kappa shape index (κ3) is 20.8. The minimum atomic E-state index is -1.68. The quantitative estimate of drug-likeness (QED) is 0.0163. The van der Waals surface area contributed by atoms with Gasteiger partial charge in [0.15, 0.2) is 5.96 Å². The number of nitrogens with zero attached hydrogens (tertiary/aromatic N) is 3. The molecular weight excluding hydrogens is 961 g/mol. The second kappa shape index (κ2) is 31.5. The highest BCUT2D eigenvalue weighted by atomic mass is 16.3. The Labute approximate surface area is 433 Å². The highest BCUT2D eigenvalue weighted by Gasteiger charge is 2.40. The number of aliphatic imine (C=N–C) groups is 1. The molecule has 1 aromatic rings. The molecule has 25 heteroatoms. The van der Waals surface area contributed by atoms with E-state index in [0.29, 0.717) is 50.0 Å². The van der Waals surface area contributed by atoms with Crippen molar-refractivity contribution in [1.29, 1.82) is 0 Å². The first-order valence-corrected chi connectivity index (χ1v) is 25.3. The van der Waals surface area contributed by atoms with Gasteiger partial charge in [0.2, 0.25) is 59.1 Å². The summed E-state index contributed by atoms with van der Waals surface area (Å²) in [5, 5.41) is 32.0. The largest absolute Gasteiger partial charge is 0.399 e. The number of aliphatic hydroxyl groups is 1. The van der Waals surface area contributed by atoms with Gasteiger partial charge in [-0.15, -0.1) is 0 Å². The van der Waals surface area contributed by atoms with E-state index >= 15 is 0 Å². The van der Waals surface area contributed by atoms with Crippen molar-refractivity contribution in [3.63, 3.8) is 0 Å². The first kappa shape index (κ1) is 63.1. The lowest BCUT2D eigenvalue weighted by Gasteiger charge is -2.31. The number of aliphatic hydroxyl groups excluding tert-OH is 1. The number of rotatable bonds is 30. The number of hydrogen-bond acceptors (Lipinski definition) is 13. The van der Waals surface area contributed by atoms with E-state index < -0.39 is 114 Å². The number of nitrogens with two attached hydrogens (primary N) is 3. The summed E-state index contributed by atoms with van der Waals surface area (Å²) < 4.78 is 0. The van der Waals surface area contributed by atoms with Gasteiger partial charge in [-0.1, -0.05) is 59.6 Å². The van der Waals surface area contributed by atoms with Gasteiger partial charge >= 0.3 is 0 Å². The maximum absolute atomic E-state index is 14.2. The zero-order valence-corrected chi connectivity index (χ0v) is 44.4. The fourth-order valence-electron chi connectivity index (χ4n) is 7.93. The number of hydrogen-bond donors (Lipinski definition) is 12. The van der Waals surface area contributed by atoms with Crippen molar-refractivity contribution < 1.29 is 53.1 Å². The smallest absolute Gasteiger partial charge is 0.245 e. The van der Waals surface area contributed by atoms with Gasteiger partial charge in [-0.05, 0) is 75.5 Å². The van der Waals surface area contributed by atoms with Gasteiger partial charge in [0.05, 0.1) is 19.2 Å². The zero-order valence-electron chi connectivity index (χ0n) is 44.4. The highest BCUT2D eigenvalue weighted by Crippen LogP contribution is 2.21. The Morgan fingerprint density at radius 2 is 1.32 bits per heavy atom. The van der Waals surface area contributed by atoms with E-state index in [1.54, 1.807) is 65.8 Å². The van der Waals surface area contributed by atoms with Crippen molar-refractivity contribution in [2.75, 3.05) is 45.5 Å². The molecule has 0 aromatic heterocycles. The molecule has 0 unspecified atom stereocenters. The van der Waals surface area contributed by atoms with Crippen molar-refractivity contribution in [2.24, 2.45) is 28.3 Å². The lowest BCUT2D eigenvalue weighted by atomic mass is 9.96. The minimum absolute atomic E-state index is 0.0618. The van der Waals surface area contributed by atoms with Crippen LogP contribution in [0.4, 0.5) is 5.69 Å². The fraction of sp³-hybridized carbons (Fsp3) is 0.653. The summed E-state index contributed by atoms with van der Waals surface area (Å²) in [7, 11) is 1.42. The summed E-state index contributed by atoms with van der Waals surface area (Å²) in [6.45, 7) is 12.9. The molecule has 2 rings (SSSR count). The zero-order chi connectivity index (χ0) is 55.8. The predicted molar refractivity (Wildman–Crippen MR) is 277 cm³/mol. The van der Waals surface area contributed by atoms with Crippen LogP contribution in [-0.2, 0) is 54.4 Å². The number of anilines is 1. The van der Waals surface area contributed by atoms with Crippen LogP contribution in [0.2, 0.25) is 0 Å². The van der Waals surface area contributed by atoms with E-state index in [1.807, 2.05) is 0 Å². The normalized spacial score (nSPS) is 16.3. The topological polar surface area (TPSA) is 384 Å². The van der Waals surface area contributed by atoms with E-state index in [1.165, 1.54) is 25.8 Å². The highest BCUT2D eigenvalue weighted by molar-refractivity contribution is 5.98. The molecule has 0 saturated carbocycles. The van der Waals surface area contributed by atoms with Gasteiger partial charge in [0, 0.05) is 45.7 Å². The standard InChI is InChI=1S/C49H82N14O11/c1-10-15-33(42(68)60-40(28(6)11-2)46(72)57-34(16-13-22-54-49(51)52)48(74)63-23-14-17-36(63)44(70)53-12-3)56-47(73)41(29(7)64)61-43(69)35(24-31-18-20-32(50)21-19-31)58-45(71)39(27(4)5)59-37(66)25-55-38(67)26-62(9)30(8)65/h18-21,27-29,33-36,39-41,64H,10-17,22-26,50H2,1-9H3,(H,53,70)(H,55,67)(H,56,73)(H,57,72)(H,58,71)(H,59,66)(H,60,68)(H,61,69)(H4,51,52,54)/t28-,29+,33-,34-,35+,36-,39-,40-,41-/m0/s1. The van der Waals surface area contributed by atoms with E-state index in [0.717, 1.165) is 4.90 Å². The molecule has 15 N–H and O–H groups in total. The average molecular weight is 1040 g/mol. The number of carbonyl (C=O) groups is 10. The number of nitrogen functional groups attached to an aromatic ring is 1. The molecule has 1 heterocycles. The number of carbonyl (C=O) groups excluding carboxylic acids is 10. The van der Waals surface area contributed by atoms with E-state index in [2.05, 4.69) is 47.5 Å². The number of likely N-dealkylation sites (tertiary alicyclic amines) is 1. The van der Waals surface area contributed by atoms with Crippen LogP contribution < -0.4 is 59.7 Å². The van der Waals surface area contributed by atoms with E-state index in [-0.39, 0.29) is 56.5 Å². The Hall–Kier alpha value is -7.05. The van der Waals surface area contributed by atoms with Crippen LogP contribution in [0.25, 0.3) is 0 Å². The van der Waals surface area contributed by atoms with E-state index in [4.69, 9.17) is 17.2 Å². The van der Waals surface area contributed by atoms with Crippen molar-refractivity contribution in [3.05, 3.63) is 29.8 Å². The maximum atomic E-state index is 14.2. The fourth-order valence-corrected chi connectivity index (χ4v) is 7.93. The Balaban J connectivity index is 2.36. The third-order valence-electron chi connectivity index (χ3n) is 12.5. The monoisotopic (exact) mass is 1040 g/mol. The Kier molecular flexibility index (Phi) is 26.9. The molecule has 74 heavy (non-hydrogen) atoms. The molecule has 10 amide bonds. The summed E-state index contributed by atoms with van der Waals surface area (Å²) in [4.78, 5) is 141. The second-order valence-corrected chi connectivity index (χ2v) is 19.0. The number of benzene rings is 1. The first-order chi connectivity index (χ1) is 34.8. The summed E-state index contributed by atoms with van der Waals surface area (Å²) in [6.07, 6.45) is 0.561. The lowest BCUT2D eigenvalue weighted by Crippen LogP contribution is -2.62. The summed E-state index contributed by atoms with van der Waals surface area (Å²) >= 11 is 0. The molecule has 0 aliphatic carbocycles. The van der Waals surface area contributed by atoms with Gasteiger partial charge in [0.25, 0.3) is 0 Å². The molecule has 1 aliphatic rings. The SMILES string of the molecule is CCC[C@H](NC(=O)[C@@H](NC(=O)[C@@H](Cc1ccc(N)cc1)NC(=O)[C@@H](NC(=O)CNC(=O)CN(C)C(C)=O)C(C)C)[C@@H](C)O)C(=O)N[C@H](C(=O)N[C@@H](CCCN=C(N)N)C(=O)N1CCC[C@H]1C(=O)NCC)[C@@H](C)CC. The van der Waals surface area contributed by atoms with Crippen molar-refractivity contribution in [1.82, 2.24) is 52.3 Å². The van der Waals surface area contributed by atoms with Crippen LogP contribution in [0.3, 0.4) is 0 Å². The Morgan fingerprint density at radius 3 is 1.89 bits per heavy atom. The van der Waals surface area contributed by atoms with Crippen molar-refractivity contribution >= 4 is 70.7 Å². The van der Waals surface area contributed by atoms with E-state index in [9.17, 15) is 53.1 Å². The molecule has 0 bridgehead atoms. The van der Waals surface area contributed by atoms with Gasteiger partial charge in [0.1, 0.15) is 42.3 Å². The van der Waals surface area contributed by atoms with Crippen LogP contribution in [0.1, 0.15) is 106 Å². The van der Waals surface area contributed by atoms with Gasteiger partial charge in [-0.2, -0.15) is 0 Å². The van der Waals surface area contributed by atoms with Crippen molar-refractivity contribution in [2.45, 2.75) is 155 Å². The third-order valence-corrected chi connectivity index (χ3v) is 12.5. The lowest BCUT2D eigenvalue weighted by molar-refractivity contribution is -0.142. The van der Waals surface area contributed by atoms with Crippen LogP contribution in [0.5, 0.6) is 0 Å². The molecule has 414 valence electrons. The summed E-state index contributed by atoms with van der Waals surface area (Å²) in [5.74, 6) is -7.78. The Morgan fingerprint density at radius 1 is 0.743 bits per heavy atom. The Bertz CT molecular complexity index is 2120. The summed E-state index contributed by atoms with van der Waals surface area (Å²) in [6, 6.07) is -2.23. The molecular formula is C49H82N14O11. The molecule has 25 nitrogen and oxygen atoms in total. The van der Waals surface area contributed by atoms with Crippen LogP contribution in [0, 0.1) is 11.8 Å². The van der Waals surface area contributed by atoms with Crippen molar-refractivity contribution in [3.8, 4) is 0 Å². The van der Waals surface area contributed by atoms with Gasteiger partial charge in [-0.25, -0.2) is 0 Å². The molecule has 1 aromatic carbocycles. The molecule has 1 fully saturated rings. The average Bonchev–Trinajstić information content (AvgIpc) is 3.84. The minimum Gasteiger partial charge on any atom is -0.399 e. The second-order valence-electron chi connectivity index (χ2n) is 19.0. The number of nitrogens with one attached hydrogen (secondary N) is 8. The maximum Gasteiger partial charge on any atom is 0.245 e. The number of guanidine groups is 1.